The highest BCUT2D eigenvalue weighted by Crippen LogP contribution is 2.38. The number of hydrogen-bond donors (Lipinski definition) is 1. The third-order valence-corrected chi connectivity index (χ3v) is 6.41. The number of carboxylic acid groups (broad SMARTS) is 1. The fourth-order valence-electron chi connectivity index (χ4n) is 4.13. The first-order valence-corrected chi connectivity index (χ1v) is 12.6. The molecule has 0 saturated heterocycles. The zero-order valence-electron chi connectivity index (χ0n) is 21.8. The maximum Gasteiger partial charge on any atom is 0.573 e. The van der Waals surface area contributed by atoms with E-state index in [0.717, 1.165) is 5.56 Å². The Balaban J connectivity index is 1.54. The van der Waals surface area contributed by atoms with Crippen LogP contribution in [0.4, 0.5) is 18.9 Å². The summed E-state index contributed by atoms with van der Waals surface area (Å²) in [5.41, 5.74) is 2.48. The summed E-state index contributed by atoms with van der Waals surface area (Å²) >= 11 is 6.54. The zero-order chi connectivity index (χ0) is 29.0. The number of anilines is 1. The lowest BCUT2D eigenvalue weighted by Crippen LogP contribution is -2.17. The summed E-state index contributed by atoms with van der Waals surface area (Å²) in [7, 11) is 1.82. The second-order valence-electron chi connectivity index (χ2n) is 9.33. The normalized spacial score (nSPS) is 11.5. The SMILES string of the molecule is CC(C)c1onc(-c2ccccc2OC(F)(F)F)c1COc1ccc(CN(C)c2cccc(C(=O)O)c2)c(Cl)c1. The molecule has 1 heterocycles. The molecule has 3 aromatic carbocycles. The third-order valence-electron chi connectivity index (χ3n) is 6.06. The number of aromatic carboxylic acids is 1. The Kier molecular flexibility index (Phi) is 8.58. The van der Waals surface area contributed by atoms with Crippen LogP contribution in [0.1, 0.15) is 47.0 Å². The number of rotatable bonds is 10. The number of halogens is 4. The van der Waals surface area contributed by atoms with Crippen LogP contribution in [0.3, 0.4) is 0 Å². The largest absolute Gasteiger partial charge is 0.573 e. The minimum absolute atomic E-state index is 0.0374. The van der Waals surface area contributed by atoms with Crippen molar-refractivity contribution >= 4 is 23.3 Å². The van der Waals surface area contributed by atoms with Crippen molar-refractivity contribution in [1.82, 2.24) is 5.16 Å². The molecule has 4 aromatic rings. The summed E-state index contributed by atoms with van der Waals surface area (Å²) in [6, 6.07) is 17.4. The van der Waals surface area contributed by atoms with Gasteiger partial charge in [-0.15, -0.1) is 13.2 Å². The molecule has 210 valence electrons. The second-order valence-corrected chi connectivity index (χ2v) is 9.73. The Bertz CT molecular complexity index is 1500. The molecular formula is C29H26ClF3N2O5. The van der Waals surface area contributed by atoms with Gasteiger partial charge in [0.05, 0.1) is 11.1 Å². The van der Waals surface area contributed by atoms with Crippen molar-refractivity contribution in [1.29, 1.82) is 0 Å². The van der Waals surface area contributed by atoms with Crippen LogP contribution in [0.5, 0.6) is 11.5 Å². The number of alkyl halides is 3. The highest BCUT2D eigenvalue weighted by atomic mass is 35.5. The molecule has 0 atom stereocenters. The molecule has 11 heteroatoms. The second kappa shape index (κ2) is 11.9. The summed E-state index contributed by atoms with van der Waals surface area (Å²) in [6.07, 6.45) is -4.87. The summed E-state index contributed by atoms with van der Waals surface area (Å²) < 4.78 is 54.7. The van der Waals surface area contributed by atoms with Crippen molar-refractivity contribution in [3.8, 4) is 22.8 Å². The van der Waals surface area contributed by atoms with Crippen LogP contribution in [0.15, 0.2) is 71.3 Å². The fraction of sp³-hybridized carbons (Fsp3) is 0.241. The number of carboxylic acids is 1. The topological polar surface area (TPSA) is 85.0 Å². The van der Waals surface area contributed by atoms with E-state index in [2.05, 4.69) is 9.89 Å². The van der Waals surface area contributed by atoms with E-state index in [0.29, 0.717) is 34.3 Å². The summed E-state index contributed by atoms with van der Waals surface area (Å²) in [5.74, 6) is -0.611. The first kappa shape index (κ1) is 28.8. The summed E-state index contributed by atoms with van der Waals surface area (Å²) in [6.45, 7) is 4.12. The first-order valence-electron chi connectivity index (χ1n) is 12.2. The molecule has 0 bridgehead atoms. The predicted molar refractivity (Wildman–Crippen MR) is 144 cm³/mol. The molecule has 0 fully saturated rings. The Morgan fingerprint density at radius 2 is 1.85 bits per heavy atom. The Morgan fingerprint density at radius 3 is 2.52 bits per heavy atom. The lowest BCUT2D eigenvalue weighted by molar-refractivity contribution is -0.274. The summed E-state index contributed by atoms with van der Waals surface area (Å²) in [5, 5.41) is 13.7. The minimum atomic E-state index is -4.87. The van der Waals surface area contributed by atoms with Gasteiger partial charge in [0, 0.05) is 35.8 Å². The van der Waals surface area contributed by atoms with Gasteiger partial charge in [-0.1, -0.05) is 54.9 Å². The quantitative estimate of drug-likeness (QED) is 0.206. The highest BCUT2D eigenvalue weighted by Gasteiger charge is 2.33. The van der Waals surface area contributed by atoms with E-state index in [1.807, 2.05) is 25.8 Å². The summed E-state index contributed by atoms with van der Waals surface area (Å²) in [4.78, 5) is 13.2. The van der Waals surface area contributed by atoms with Crippen LogP contribution < -0.4 is 14.4 Å². The van der Waals surface area contributed by atoms with E-state index in [1.165, 1.54) is 24.3 Å². The number of nitrogens with zero attached hydrogens (tertiary/aromatic N) is 2. The van der Waals surface area contributed by atoms with Gasteiger partial charge in [-0.25, -0.2) is 4.79 Å². The molecule has 0 aliphatic rings. The molecule has 7 nitrogen and oxygen atoms in total. The maximum absolute atomic E-state index is 13.0. The van der Waals surface area contributed by atoms with Gasteiger partial charge in [0.1, 0.15) is 29.6 Å². The molecule has 0 saturated carbocycles. The monoisotopic (exact) mass is 574 g/mol. The number of ether oxygens (including phenoxy) is 2. The van der Waals surface area contributed by atoms with Crippen LogP contribution in [0.25, 0.3) is 11.3 Å². The first-order chi connectivity index (χ1) is 18.9. The van der Waals surface area contributed by atoms with Crippen LogP contribution in [0.2, 0.25) is 5.02 Å². The predicted octanol–water partition coefficient (Wildman–Crippen LogP) is 7.93. The molecule has 4 rings (SSSR count). The van der Waals surface area contributed by atoms with Gasteiger partial charge in [-0.05, 0) is 48.0 Å². The number of para-hydroxylation sites is 1. The molecule has 0 aliphatic heterocycles. The van der Waals surface area contributed by atoms with E-state index in [1.54, 1.807) is 42.5 Å². The molecule has 0 unspecified atom stereocenters. The Hall–Kier alpha value is -4.18. The van der Waals surface area contributed by atoms with Crippen molar-refractivity contribution in [3.63, 3.8) is 0 Å². The van der Waals surface area contributed by atoms with Gasteiger partial charge in [0.25, 0.3) is 0 Å². The van der Waals surface area contributed by atoms with Gasteiger partial charge < -0.3 is 24.0 Å². The molecule has 1 aromatic heterocycles. The average Bonchev–Trinajstić information content (AvgIpc) is 3.32. The lowest BCUT2D eigenvalue weighted by atomic mass is 10.0. The van der Waals surface area contributed by atoms with E-state index in [9.17, 15) is 23.1 Å². The van der Waals surface area contributed by atoms with Crippen molar-refractivity contribution in [3.05, 3.63) is 94.2 Å². The van der Waals surface area contributed by atoms with E-state index < -0.39 is 18.1 Å². The van der Waals surface area contributed by atoms with E-state index >= 15 is 0 Å². The molecule has 0 amide bonds. The van der Waals surface area contributed by atoms with Crippen LogP contribution in [-0.2, 0) is 13.2 Å². The van der Waals surface area contributed by atoms with E-state index in [-0.39, 0.29) is 29.3 Å². The average molecular weight is 575 g/mol. The Morgan fingerprint density at radius 1 is 1.10 bits per heavy atom. The van der Waals surface area contributed by atoms with Crippen LogP contribution in [-0.4, -0.2) is 29.6 Å². The molecule has 1 N–H and O–H groups in total. The van der Waals surface area contributed by atoms with E-state index in [4.69, 9.17) is 20.9 Å². The Labute approximate surface area is 233 Å². The van der Waals surface area contributed by atoms with Gasteiger partial charge >= 0.3 is 12.3 Å². The number of aromatic nitrogens is 1. The minimum Gasteiger partial charge on any atom is -0.489 e. The van der Waals surface area contributed by atoms with Gasteiger partial charge in [-0.3, -0.25) is 0 Å². The van der Waals surface area contributed by atoms with Crippen molar-refractivity contribution in [2.45, 2.75) is 39.3 Å². The van der Waals surface area contributed by atoms with Crippen molar-refractivity contribution in [2.75, 3.05) is 11.9 Å². The smallest absolute Gasteiger partial charge is 0.489 e. The molecule has 0 spiro atoms. The van der Waals surface area contributed by atoms with Crippen LogP contribution in [0, 0.1) is 0 Å². The maximum atomic E-state index is 13.0. The molecule has 40 heavy (non-hydrogen) atoms. The highest BCUT2D eigenvalue weighted by molar-refractivity contribution is 6.31. The molecule has 0 radical (unpaired) electrons. The van der Waals surface area contributed by atoms with Crippen molar-refractivity contribution < 1.29 is 37.1 Å². The van der Waals surface area contributed by atoms with Crippen LogP contribution >= 0.6 is 11.6 Å². The van der Waals surface area contributed by atoms with Gasteiger partial charge in [-0.2, -0.15) is 0 Å². The lowest BCUT2D eigenvalue weighted by Gasteiger charge is -2.21. The van der Waals surface area contributed by atoms with Gasteiger partial charge in [0.15, 0.2) is 0 Å². The fourth-order valence-corrected chi connectivity index (χ4v) is 4.36. The standard InChI is InChI=1S/C29H26ClF3N2O5/c1-17(2)27-23(26(34-40-27)22-9-4-5-10-25(22)39-29(31,32)33)16-38-21-12-11-19(24(30)14-21)15-35(3)20-8-6-7-18(13-20)28(36)37/h4-14,17H,15-16H2,1-3H3,(H,36,37). The number of hydrogen-bond acceptors (Lipinski definition) is 6. The molecular weight excluding hydrogens is 549 g/mol. The van der Waals surface area contributed by atoms with Crippen molar-refractivity contribution in [2.24, 2.45) is 0 Å². The molecule has 0 aliphatic carbocycles. The number of carbonyl (C=O) groups is 1. The van der Waals surface area contributed by atoms with Gasteiger partial charge in [0.2, 0.25) is 0 Å². The third kappa shape index (κ3) is 6.87. The number of benzene rings is 3. The zero-order valence-corrected chi connectivity index (χ0v) is 22.6.